The summed E-state index contributed by atoms with van der Waals surface area (Å²) in [4.78, 5) is 9.59. The van der Waals surface area contributed by atoms with Crippen molar-refractivity contribution in [1.82, 2.24) is 9.97 Å². The van der Waals surface area contributed by atoms with Gasteiger partial charge in [0.05, 0.1) is 23.0 Å². The molecule has 1 heterocycles. The summed E-state index contributed by atoms with van der Waals surface area (Å²) in [6.45, 7) is 0. The number of aromatic nitrogens is 2. The molecule has 0 aliphatic rings. The zero-order valence-electron chi connectivity index (χ0n) is 15.9. The maximum absolute atomic E-state index is 13.9. The number of hydrogen-bond acceptors (Lipinski definition) is 6. The van der Waals surface area contributed by atoms with Crippen molar-refractivity contribution in [3.05, 3.63) is 72.5 Å². The fourth-order valence-electron chi connectivity index (χ4n) is 2.82. The summed E-state index contributed by atoms with van der Waals surface area (Å²) < 4.78 is 34.7. The van der Waals surface area contributed by atoms with Crippen LogP contribution >= 0.6 is 0 Å². The number of benzene rings is 3. The SMILES string of the molecule is COc1cc(F)cc(Nc2nc3ccccc3nc2NS(=O)c2cccc(N)c2)c1. The van der Waals surface area contributed by atoms with Crippen LogP contribution in [0.4, 0.5) is 27.4 Å². The lowest BCUT2D eigenvalue weighted by molar-refractivity contribution is 0.411. The van der Waals surface area contributed by atoms with Gasteiger partial charge in [-0.3, -0.25) is 4.72 Å². The Morgan fingerprint density at radius 1 is 0.967 bits per heavy atom. The van der Waals surface area contributed by atoms with Crippen LogP contribution in [0.1, 0.15) is 0 Å². The summed E-state index contributed by atoms with van der Waals surface area (Å²) in [5, 5.41) is 3.03. The molecule has 0 saturated heterocycles. The number of methoxy groups -OCH3 is 1. The largest absolute Gasteiger partial charge is 0.497 e. The van der Waals surface area contributed by atoms with Gasteiger partial charge in [-0.1, -0.05) is 18.2 Å². The topological polar surface area (TPSA) is 102 Å². The molecule has 0 amide bonds. The first kappa shape index (κ1) is 19.6. The number of nitrogens with two attached hydrogens (primary N) is 1. The quantitative estimate of drug-likeness (QED) is 0.401. The van der Waals surface area contributed by atoms with E-state index >= 15 is 0 Å². The third kappa shape index (κ3) is 4.31. The van der Waals surface area contributed by atoms with Crippen LogP contribution < -0.4 is 20.5 Å². The van der Waals surface area contributed by atoms with Crippen molar-refractivity contribution in [2.45, 2.75) is 4.90 Å². The van der Waals surface area contributed by atoms with Gasteiger partial charge in [-0.2, -0.15) is 0 Å². The summed E-state index contributed by atoms with van der Waals surface area (Å²) in [5.74, 6) is 0.420. The molecule has 1 aromatic heterocycles. The summed E-state index contributed by atoms with van der Waals surface area (Å²) in [5.41, 5.74) is 7.94. The smallest absolute Gasteiger partial charge is 0.182 e. The van der Waals surface area contributed by atoms with E-state index in [0.717, 1.165) is 0 Å². The van der Waals surface area contributed by atoms with Gasteiger partial charge in [-0.15, -0.1) is 0 Å². The van der Waals surface area contributed by atoms with Crippen molar-refractivity contribution in [3.63, 3.8) is 0 Å². The van der Waals surface area contributed by atoms with Gasteiger partial charge >= 0.3 is 0 Å². The average Bonchev–Trinajstić information content (AvgIpc) is 2.73. The van der Waals surface area contributed by atoms with Crippen molar-refractivity contribution in [2.24, 2.45) is 0 Å². The summed E-state index contributed by atoms with van der Waals surface area (Å²) in [6, 6.07) is 18.2. The molecule has 0 spiro atoms. The van der Waals surface area contributed by atoms with Gasteiger partial charge in [0.15, 0.2) is 22.6 Å². The van der Waals surface area contributed by atoms with Crippen LogP contribution in [0.25, 0.3) is 11.0 Å². The Morgan fingerprint density at radius 2 is 1.70 bits per heavy atom. The molecule has 0 radical (unpaired) electrons. The monoisotopic (exact) mass is 423 g/mol. The highest BCUT2D eigenvalue weighted by molar-refractivity contribution is 7.86. The lowest BCUT2D eigenvalue weighted by atomic mass is 10.2. The van der Waals surface area contributed by atoms with Crippen LogP contribution in [0.15, 0.2) is 71.6 Å². The number of ether oxygens (including phenoxy) is 1. The number of anilines is 4. The Hall–Kier alpha value is -3.72. The second kappa shape index (κ2) is 8.34. The standard InChI is InChI=1S/C21H18FN5O2S/c1-29-16-10-13(22)9-15(12-16)24-20-21(26-19-8-3-2-7-18(19)25-20)27-30(28)17-6-4-5-14(23)11-17/h2-12H,23H2,1H3,(H,24,25)(H,26,27). The Kier molecular flexibility index (Phi) is 5.44. The molecule has 4 N–H and O–H groups in total. The molecule has 9 heteroatoms. The number of halogens is 1. The lowest BCUT2D eigenvalue weighted by Crippen LogP contribution is -2.10. The normalized spacial score (nSPS) is 11.8. The third-order valence-electron chi connectivity index (χ3n) is 4.20. The predicted molar refractivity (Wildman–Crippen MR) is 117 cm³/mol. The molecule has 1 atom stereocenters. The molecule has 4 aromatic rings. The van der Waals surface area contributed by atoms with Crippen LogP contribution in [-0.4, -0.2) is 21.3 Å². The summed E-state index contributed by atoms with van der Waals surface area (Å²) in [7, 11) is -0.183. The first-order valence-electron chi connectivity index (χ1n) is 8.94. The van der Waals surface area contributed by atoms with Gasteiger partial charge < -0.3 is 15.8 Å². The van der Waals surface area contributed by atoms with Gasteiger partial charge in [0, 0.05) is 23.5 Å². The minimum Gasteiger partial charge on any atom is -0.497 e. The van der Waals surface area contributed by atoms with E-state index in [1.165, 1.54) is 19.2 Å². The van der Waals surface area contributed by atoms with Crippen LogP contribution in [0, 0.1) is 5.82 Å². The number of rotatable bonds is 6. The average molecular weight is 423 g/mol. The van der Waals surface area contributed by atoms with E-state index in [0.29, 0.717) is 38.9 Å². The molecule has 152 valence electrons. The van der Waals surface area contributed by atoms with Gasteiger partial charge in [-0.05, 0) is 36.4 Å². The van der Waals surface area contributed by atoms with Crippen LogP contribution in [0.3, 0.4) is 0 Å². The van der Waals surface area contributed by atoms with E-state index in [2.05, 4.69) is 20.0 Å². The first-order chi connectivity index (χ1) is 14.5. The van der Waals surface area contributed by atoms with Crippen LogP contribution in [-0.2, 0) is 11.0 Å². The highest BCUT2D eigenvalue weighted by Crippen LogP contribution is 2.28. The van der Waals surface area contributed by atoms with Crippen molar-refractivity contribution in [1.29, 1.82) is 0 Å². The maximum atomic E-state index is 13.9. The van der Waals surface area contributed by atoms with E-state index < -0.39 is 16.8 Å². The number of nitrogen functional groups attached to an aromatic ring is 1. The van der Waals surface area contributed by atoms with Crippen molar-refractivity contribution in [2.75, 3.05) is 22.9 Å². The lowest BCUT2D eigenvalue weighted by Gasteiger charge is -2.14. The van der Waals surface area contributed by atoms with Gasteiger partial charge in [0.1, 0.15) is 11.6 Å². The summed E-state index contributed by atoms with van der Waals surface area (Å²) >= 11 is 0. The highest BCUT2D eigenvalue weighted by atomic mass is 32.2. The van der Waals surface area contributed by atoms with E-state index in [-0.39, 0.29) is 5.82 Å². The fraction of sp³-hybridized carbons (Fsp3) is 0.0476. The number of fused-ring (bicyclic) bond motifs is 1. The molecular formula is C21H18FN5O2S. The van der Waals surface area contributed by atoms with Gasteiger partial charge in [0.25, 0.3) is 0 Å². The van der Waals surface area contributed by atoms with Gasteiger partial charge in [0.2, 0.25) is 0 Å². The summed E-state index contributed by atoms with van der Waals surface area (Å²) in [6.07, 6.45) is 0. The second-order valence-corrected chi connectivity index (χ2v) is 7.57. The molecule has 4 rings (SSSR count). The predicted octanol–water partition coefficient (Wildman–Crippen LogP) is 4.24. The second-order valence-electron chi connectivity index (χ2n) is 6.36. The number of nitrogens with one attached hydrogen (secondary N) is 2. The molecule has 0 saturated carbocycles. The highest BCUT2D eigenvalue weighted by Gasteiger charge is 2.14. The van der Waals surface area contributed by atoms with Gasteiger partial charge in [-0.25, -0.2) is 18.6 Å². The Labute approximate surface area is 174 Å². The molecule has 0 bridgehead atoms. The molecule has 30 heavy (non-hydrogen) atoms. The zero-order chi connectivity index (χ0) is 21.1. The fourth-order valence-corrected chi connectivity index (χ4v) is 3.71. The zero-order valence-corrected chi connectivity index (χ0v) is 16.7. The Morgan fingerprint density at radius 3 is 2.40 bits per heavy atom. The Balaban J connectivity index is 1.74. The van der Waals surface area contributed by atoms with E-state index in [9.17, 15) is 8.60 Å². The van der Waals surface area contributed by atoms with Crippen molar-refractivity contribution >= 4 is 45.0 Å². The van der Waals surface area contributed by atoms with Crippen LogP contribution in [0.5, 0.6) is 5.75 Å². The van der Waals surface area contributed by atoms with Crippen LogP contribution in [0.2, 0.25) is 0 Å². The molecule has 0 fully saturated rings. The number of para-hydroxylation sites is 2. The van der Waals surface area contributed by atoms with E-state index in [1.807, 2.05) is 12.1 Å². The van der Waals surface area contributed by atoms with Crippen molar-refractivity contribution < 1.29 is 13.3 Å². The van der Waals surface area contributed by atoms with Crippen molar-refractivity contribution in [3.8, 4) is 5.75 Å². The molecule has 0 aliphatic carbocycles. The minimum absolute atomic E-state index is 0.248. The molecule has 0 aliphatic heterocycles. The molecule has 1 unspecified atom stereocenters. The molecule has 7 nitrogen and oxygen atoms in total. The molecular weight excluding hydrogens is 405 g/mol. The minimum atomic E-state index is -1.64. The Bertz CT molecular complexity index is 1250. The third-order valence-corrected chi connectivity index (χ3v) is 5.26. The van der Waals surface area contributed by atoms with E-state index in [4.69, 9.17) is 10.5 Å². The first-order valence-corrected chi connectivity index (χ1v) is 10.1. The number of hydrogen-bond donors (Lipinski definition) is 3. The maximum Gasteiger partial charge on any atom is 0.182 e. The van der Waals surface area contributed by atoms with E-state index in [1.54, 1.807) is 42.5 Å². The molecule has 3 aromatic carbocycles. The number of nitrogens with zero attached hydrogens (tertiary/aromatic N) is 2.